The van der Waals surface area contributed by atoms with E-state index in [1.54, 1.807) is 0 Å². The lowest BCUT2D eigenvalue weighted by Crippen LogP contribution is -2.20. The number of ketones is 1. The lowest BCUT2D eigenvalue weighted by Gasteiger charge is -2.25. The summed E-state index contributed by atoms with van der Waals surface area (Å²) >= 11 is 3.43. The van der Waals surface area contributed by atoms with E-state index in [-0.39, 0.29) is 17.6 Å². The molecular formula is C15H11BrN2O2. The van der Waals surface area contributed by atoms with E-state index in [0.29, 0.717) is 24.2 Å². The van der Waals surface area contributed by atoms with E-state index in [9.17, 15) is 10.1 Å². The Morgan fingerprint density at radius 2 is 2.20 bits per heavy atom. The molecule has 4 nitrogen and oxygen atoms in total. The number of benzene rings is 1. The van der Waals surface area contributed by atoms with E-state index >= 15 is 0 Å². The van der Waals surface area contributed by atoms with Gasteiger partial charge >= 0.3 is 0 Å². The second-order valence-electron chi connectivity index (χ2n) is 4.76. The number of carbonyl (C=O) groups is 1. The largest absolute Gasteiger partial charge is 0.437 e. The van der Waals surface area contributed by atoms with Crippen molar-refractivity contribution in [2.24, 2.45) is 5.73 Å². The summed E-state index contributed by atoms with van der Waals surface area (Å²) in [4.78, 5) is 11.8. The molecule has 0 unspecified atom stereocenters. The third kappa shape index (κ3) is 1.93. The molecule has 100 valence electrons. The standard InChI is InChI=1S/C15H11BrN2O2/c16-9-3-1-2-8(6-9)13-10-4-5-12(19)14(10)20-15(18)11(13)7-17/h1-3,6,13H,4-5,18H2/t13-/m1/s1. The zero-order valence-electron chi connectivity index (χ0n) is 10.5. The summed E-state index contributed by atoms with van der Waals surface area (Å²) in [5.41, 5.74) is 7.98. The van der Waals surface area contributed by atoms with Gasteiger partial charge in [0, 0.05) is 16.8 Å². The maximum Gasteiger partial charge on any atom is 0.205 e. The first-order valence-electron chi connectivity index (χ1n) is 6.21. The van der Waals surface area contributed by atoms with Gasteiger partial charge in [-0.3, -0.25) is 4.79 Å². The number of carbonyl (C=O) groups excluding carboxylic acids is 1. The van der Waals surface area contributed by atoms with Gasteiger partial charge in [-0.1, -0.05) is 28.1 Å². The van der Waals surface area contributed by atoms with Crippen molar-refractivity contribution in [2.45, 2.75) is 18.8 Å². The third-order valence-corrected chi connectivity index (χ3v) is 4.08. The molecule has 1 atom stereocenters. The summed E-state index contributed by atoms with van der Waals surface area (Å²) in [6, 6.07) is 9.80. The molecule has 0 bridgehead atoms. The van der Waals surface area contributed by atoms with Crippen LogP contribution in [0.4, 0.5) is 0 Å². The average Bonchev–Trinajstić information content (AvgIpc) is 2.78. The number of nitriles is 1. The quantitative estimate of drug-likeness (QED) is 0.858. The molecule has 0 fully saturated rings. The number of nitrogens with zero attached hydrogens (tertiary/aromatic N) is 1. The monoisotopic (exact) mass is 330 g/mol. The maximum atomic E-state index is 11.8. The summed E-state index contributed by atoms with van der Waals surface area (Å²) in [7, 11) is 0. The first-order valence-corrected chi connectivity index (χ1v) is 7.00. The fraction of sp³-hybridized carbons (Fsp3) is 0.200. The van der Waals surface area contributed by atoms with Crippen molar-refractivity contribution in [3.63, 3.8) is 0 Å². The number of allylic oxidation sites excluding steroid dienone is 3. The number of rotatable bonds is 1. The molecule has 1 aliphatic heterocycles. The van der Waals surface area contributed by atoms with Gasteiger partial charge in [0.15, 0.2) is 11.5 Å². The number of nitrogens with two attached hydrogens (primary N) is 1. The second-order valence-corrected chi connectivity index (χ2v) is 5.67. The molecule has 0 aromatic heterocycles. The Bertz CT molecular complexity index is 713. The van der Waals surface area contributed by atoms with Crippen molar-refractivity contribution in [1.29, 1.82) is 5.26 Å². The van der Waals surface area contributed by atoms with Gasteiger partial charge in [0.25, 0.3) is 0 Å². The molecule has 1 aromatic carbocycles. The molecular weight excluding hydrogens is 320 g/mol. The predicted octanol–water partition coefficient (Wildman–Crippen LogP) is 2.87. The van der Waals surface area contributed by atoms with Crippen molar-refractivity contribution < 1.29 is 9.53 Å². The Kier molecular flexibility index (Phi) is 3.11. The van der Waals surface area contributed by atoms with Crippen molar-refractivity contribution in [1.82, 2.24) is 0 Å². The van der Waals surface area contributed by atoms with Gasteiger partial charge in [-0.25, -0.2) is 0 Å². The summed E-state index contributed by atoms with van der Waals surface area (Å²) in [5.74, 6) is 0.0330. The Hall–Kier alpha value is -2.06. The summed E-state index contributed by atoms with van der Waals surface area (Å²) in [6.07, 6.45) is 1.03. The molecule has 0 amide bonds. The molecule has 2 N–H and O–H groups in total. The van der Waals surface area contributed by atoms with Crippen LogP contribution in [-0.2, 0) is 9.53 Å². The molecule has 20 heavy (non-hydrogen) atoms. The third-order valence-electron chi connectivity index (χ3n) is 3.58. The van der Waals surface area contributed by atoms with Crippen LogP contribution in [0.3, 0.4) is 0 Å². The number of halogens is 1. The van der Waals surface area contributed by atoms with Gasteiger partial charge in [0.1, 0.15) is 11.6 Å². The maximum absolute atomic E-state index is 11.8. The van der Waals surface area contributed by atoms with Crippen molar-refractivity contribution in [3.8, 4) is 6.07 Å². The minimum absolute atomic E-state index is 0.0338. The van der Waals surface area contributed by atoms with Crippen molar-refractivity contribution >= 4 is 21.7 Å². The van der Waals surface area contributed by atoms with Crippen LogP contribution in [-0.4, -0.2) is 5.78 Å². The summed E-state index contributed by atoms with van der Waals surface area (Å²) in [6.45, 7) is 0. The topological polar surface area (TPSA) is 76.1 Å². The van der Waals surface area contributed by atoms with Crippen LogP contribution in [0.15, 0.2) is 51.5 Å². The van der Waals surface area contributed by atoms with Crippen LogP contribution in [0.5, 0.6) is 0 Å². The Balaban J connectivity index is 2.18. The van der Waals surface area contributed by atoms with Crippen LogP contribution in [0, 0.1) is 11.3 Å². The van der Waals surface area contributed by atoms with Crippen LogP contribution in [0.25, 0.3) is 0 Å². The highest BCUT2D eigenvalue weighted by Gasteiger charge is 2.38. The highest BCUT2D eigenvalue weighted by Crippen LogP contribution is 2.44. The van der Waals surface area contributed by atoms with E-state index in [1.165, 1.54) is 0 Å². The lowest BCUT2D eigenvalue weighted by atomic mass is 9.83. The fourth-order valence-electron chi connectivity index (χ4n) is 2.71. The molecule has 1 heterocycles. The SMILES string of the molecule is N#CC1=C(N)OC2=C(CCC2=O)[C@H]1c1cccc(Br)c1. The lowest BCUT2D eigenvalue weighted by molar-refractivity contribution is -0.117. The molecule has 3 rings (SSSR count). The van der Waals surface area contributed by atoms with Crippen LogP contribution >= 0.6 is 15.9 Å². The Morgan fingerprint density at radius 3 is 2.90 bits per heavy atom. The minimum atomic E-state index is -0.285. The van der Waals surface area contributed by atoms with E-state index < -0.39 is 0 Å². The van der Waals surface area contributed by atoms with Gasteiger partial charge in [-0.05, 0) is 29.7 Å². The molecule has 1 aromatic rings. The molecule has 0 radical (unpaired) electrons. The first kappa shape index (κ1) is 12.9. The summed E-state index contributed by atoms with van der Waals surface area (Å²) in [5, 5.41) is 9.36. The molecule has 0 spiro atoms. The fourth-order valence-corrected chi connectivity index (χ4v) is 3.12. The predicted molar refractivity (Wildman–Crippen MR) is 76.1 cm³/mol. The van der Waals surface area contributed by atoms with Gasteiger partial charge in [-0.15, -0.1) is 0 Å². The zero-order chi connectivity index (χ0) is 14.3. The number of Topliss-reactive ketones (excluding diaryl/α,β-unsaturated/α-hetero) is 1. The Morgan fingerprint density at radius 1 is 1.40 bits per heavy atom. The first-order chi connectivity index (χ1) is 9.61. The highest BCUT2D eigenvalue weighted by molar-refractivity contribution is 9.10. The van der Waals surface area contributed by atoms with Crippen LogP contribution < -0.4 is 5.73 Å². The minimum Gasteiger partial charge on any atom is -0.437 e. The average molecular weight is 331 g/mol. The van der Waals surface area contributed by atoms with Gasteiger partial charge < -0.3 is 10.5 Å². The van der Waals surface area contributed by atoms with E-state index in [2.05, 4.69) is 22.0 Å². The van der Waals surface area contributed by atoms with E-state index in [4.69, 9.17) is 10.5 Å². The normalized spacial score (nSPS) is 21.6. The molecule has 5 heteroatoms. The number of ether oxygens (including phenoxy) is 1. The Labute approximate surface area is 124 Å². The van der Waals surface area contributed by atoms with Gasteiger partial charge in [-0.2, -0.15) is 5.26 Å². The molecule has 1 aliphatic carbocycles. The molecule has 0 saturated carbocycles. The number of hydrogen-bond acceptors (Lipinski definition) is 4. The highest BCUT2D eigenvalue weighted by atomic mass is 79.9. The van der Waals surface area contributed by atoms with Gasteiger partial charge in [0.2, 0.25) is 5.88 Å². The second kappa shape index (κ2) is 4.80. The van der Waals surface area contributed by atoms with Gasteiger partial charge in [0.05, 0.1) is 0 Å². The van der Waals surface area contributed by atoms with Crippen molar-refractivity contribution in [3.05, 3.63) is 57.1 Å². The van der Waals surface area contributed by atoms with E-state index in [0.717, 1.165) is 15.6 Å². The van der Waals surface area contributed by atoms with E-state index in [1.807, 2.05) is 24.3 Å². The zero-order valence-corrected chi connectivity index (χ0v) is 12.1. The van der Waals surface area contributed by atoms with Crippen molar-refractivity contribution in [2.75, 3.05) is 0 Å². The van der Waals surface area contributed by atoms with Crippen LogP contribution in [0.1, 0.15) is 24.3 Å². The number of hydrogen-bond donors (Lipinski definition) is 1. The smallest absolute Gasteiger partial charge is 0.205 e. The van der Waals surface area contributed by atoms with Crippen LogP contribution in [0.2, 0.25) is 0 Å². The molecule has 2 aliphatic rings. The summed E-state index contributed by atoms with van der Waals surface area (Å²) < 4.78 is 6.28. The molecule has 0 saturated heterocycles.